The summed E-state index contributed by atoms with van der Waals surface area (Å²) in [4.78, 5) is 8.68. The summed E-state index contributed by atoms with van der Waals surface area (Å²) in [6.45, 7) is 2.27. The molecule has 0 amide bonds. The third-order valence-electron chi connectivity index (χ3n) is 3.51. The van der Waals surface area contributed by atoms with Crippen molar-refractivity contribution < 1.29 is 9.26 Å². The molecule has 0 aliphatic heterocycles. The van der Waals surface area contributed by atoms with Crippen molar-refractivity contribution in [3.05, 3.63) is 65.1 Å². The van der Waals surface area contributed by atoms with Crippen molar-refractivity contribution in [2.45, 2.75) is 13.5 Å². The van der Waals surface area contributed by atoms with Crippen molar-refractivity contribution in [3.8, 4) is 17.5 Å². The van der Waals surface area contributed by atoms with E-state index in [1.165, 1.54) is 0 Å². The van der Waals surface area contributed by atoms with E-state index >= 15 is 0 Å². The molecule has 0 spiro atoms. The van der Waals surface area contributed by atoms with Gasteiger partial charge in [0.15, 0.2) is 0 Å². The molecule has 4 aromatic rings. The monoisotopic (exact) mass is 340 g/mol. The van der Waals surface area contributed by atoms with E-state index in [-0.39, 0.29) is 12.7 Å². The molecule has 0 saturated carbocycles. The van der Waals surface area contributed by atoms with Gasteiger partial charge in [-0.25, -0.2) is 4.98 Å². The number of hydrogen-bond acceptors (Lipinski definition) is 5. The zero-order valence-electron chi connectivity index (χ0n) is 12.8. The van der Waals surface area contributed by atoms with Crippen LogP contribution in [0.3, 0.4) is 0 Å². The molecule has 3 aromatic heterocycles. The van der Waals surface area contributed by atoms with E-state index in [2.05, 4.69) is 15.1 Å². The van der Waals surface area contributed by atoms with Crippen LogP contribution in [0.1, 0.15) is 11.3 Å². The smallest absolute Gasteiger partial charge is 0.418 e. The largest absolute Gasteiger partial charge is 0.442 e. The van der Waals surface area contributed by atoms with Crippen molar-refractivity contribution in [2.24, 2.45) is 0 Å². The molecule has 0 radical (unpaired) electrons. The molecule has 3 heterocycles. The van der Waals surface area contributed by atoms with Crippen molar-refractivity contribution in [1.82, 2.24) is 19.5 Å². The molecule has 4 rings (SSSR count). The first kappa shape index (κ1) is 14.7. The number of hydrogen-bond donors (Lipinski definition) is 0. The maximum Gasteiger partial charge on any atom is 0.418 e. The molecule has 0 saturated heterocycles. The second-order valence-corrected chi connectivity index (χ2v) is 5.76. The van der Waals surface area contributed by atoms with Gasteiger partial charge in [-0.3, -0.25) is 4.52 Å². The highest BCUT2D eigenvalue weighted by atomic mass is 35.5. The fourth-order valence-electron chi connectivity index (χ4n) is 2.38. The SMILES string of the molecule is Cc1ccc2nc(COc3nc(-c4ccccc4Cl)no3)cn2c1. The summed E-state index contributed by atoms with van der Waals surface area (Å²) in [5.74, 6) is 0.390. The lowest BCUT2D eigenvalue weighted by Gasteiger charge is -1.97. The molecule has 0 fully saturated rings. The Hall–Kier alpha value is -2.86. The Morgan fingerprint density at radius 3 is 2.88 bits per heavy atom. The minimum atomic E-state index is 0.0816. The Morgan fingerprint density at radius 2 is 2.00 bits per heavy atom. The molecule has 6 nitrogen and oxygen atoms in total. The van der Waals surface area contributed by atoms with Gasteiger partial charge in [0.2, 0.25) is 5.82 Å². The molecule has 0 N–H and O–H groups in total. The first-order valence-electron chi connectivity index (χ1n) is 7.35. The van der Waals surface area contributed by atoms with Crippen LogP contribution in [0.2, 0.25) is 5.02 Å². The van der Waals surface area contributed by atoms with Gasteiger partial charge in [0, 0.05) is 18.0 Å². The summed E-state index contributed by atoms with van der Waals surface area (Å²) in [5.41, 5.74) is 3.49. The minimum absolute atomic E-state index is 0.0816. The summed E-state index contributed by atoms with van der Waals surface area (Å²) in [7, 11) is 0. The predicted molar refractivity (Wildman–Crippen MR) is 89.0 cm³/mol. The highest BCUT2D eigenvalue weighted by Gasteiger charge is 2.13. The second-order valence-electron chi connectivity index (χ2n) is 5.36. The number of fused-ring (bicyclic) bond motifs is 1. The van der Waals surface area contributed by atoms with Crippen molar-refractivity contribution in [2.75, 3.05) is 0 Å². The van der Waals surface area contributed by atoms with Crippen LogP contribution in [0, 0.1) is 6.92 Å². The van der Waals surface area contributed by atoms with Crippen LogP contribution in [-0.2, 0) is 6.61 Å². The molecule has 0 unspecified atom stereocenters. The molecule has 7 heteroatoms. The van der Waals surface area contributed by atoms with Crippen molar-refractivity contribution in [3.63, 3.8) is 0 Å². The highest BCUT2D eigenvalue weighted by Crippen LogP contribution is 2.26. The van der Waals surface area contributed by atoms with Gasteiger partial charge in [-0.1, -0.05) is 35.0 Å². The van der Waals surface area contributed by atoms with Crippen LogP contribution >= 0.6 is 11.6 Å². The average Bonchev–Trinajstić information content (AvgIpc) is 3.19. The van der Waals surface area contributed by atoms with Crippen LogP contribution in [0.25, 0.3) is 17.0 Å². The fourth-order valence-corrected chi connectivity index (χ4v) is 2.60. The number of pyridine rings is 1. The quantitative estimate of drug-likeness (QED) is 0.563. The van der Waals surface area contributed by atoms with Gasteiger partial charge in [-0.05, 0) is 30.7 Å². The maximum absolute atomic E-state index is 6.12. The van der Waals surface area contributed by atoms with Gasteiger partial charge in [0.1, 0.15) is 12.3 Å². The first-order valence-corrected chi connectivity index (χ1v) is 7.72. The molecule has 0 aliphatic carbocycles. The molecule has 0 aliphatic rings. The van der Waals surface area contributed by atoms with Gasteiger partial charge < -0.3 is 9.14 Å². The molecular formula is C17H13ClN4O2. The predicted octanol–water partition coefficient (Wildman–Crippen LogP) is 3.93. The van der Waals surface area contributed by atoms with E-state index in [1.807, 2.05) is 54.0 Å². The molecular weight excluding hydrogens is 328 g/mol. The van der Waals surface area contributed by atoms with Crippen LogP contribution in [0.4, 0.5) is 0 Å². The van der Waals surface area contributed by atoms with E-state index in [1.54, 1.807) is 6.07 Å². The zero-order chi connectivity index (χ0) is 16.5. The van der Waals surface area contributed by atoms with Gasteiger partial charge in [0.25, 0.3) is 0 Å². The van der Waals surface area contributed by atoms with Crippen LogP contribution in [0.5, 0.6) is 6.08 Å². The van der Waals surface area contributed by atoms with E-state index < -0.39 is 0 Å². The summed E-state index contributed by atoms with van der Waals surface area (Å²) in [6, 6.07) is 11.3. The molecule has 120 valence electrons. The Bertz CT molecular complexity index is 1010. The van der Waals surface area contributed by atoms with Crippen molar-refractivity contribution in [1.29, 1.82) is 0 Å². The lowest BCUT2D eigenvalue weighted by atomic mass is 10.2. The normalized spacial score (nSPS) is 11.1. The van der Waals surface area contributed by atoms with Gasteiger partial charge >= 0.3 is 6.08 Å². The van der Waals surface area contributed by atoms with E-state index in [9.17, 15) is 0 Å². The number of nitrogens with zero attached hydrogens (tertiary/aromatic N) is 4. The average molecular weight is 341 g/mol. The van der Waals surface area contributed by atoms with Crippen LogP contribution in [-0.4, -0.2) is 19.5 Å². The van der Waals surface area contributed by atoms with E-state index in [0.29, 0.717) is 16.4 Å². The Labute approximate surface area is 142 Å². The first-order chi connectivity index (χ1) is 11.7. The summed E-state index contributed by atoms with van der Waals surface area (Å²) >= 11 is 6.12. The number of halogens is 1. The second kappa shape index (κ2) is 5.98. The topological polar surface area (TPSA) is 65.5 Å². The number of aryl methyl sites for hydroxylation is 1. The number of benzene rings is 1. The lowest BCUT2D eigenvalue weighted by molar-refractivity contribution is 0.193. The number of ether oxygens (including phenoxy) is 1. The lowest BCUT2D eigenvalue weighted by Crippen LogP contribution is -1.95. The summed E-state index contributed by atoms with van der Waals surface area (Å²) < 4.78 is 12.6. The van der Waals surface area contributed by atoms with Gasteiger partial charge in [0.05, 0.1) is 10.7 Å². The standard InChI is InChI=1S/C17H13ClN4O2/c1-11-6-7-15-19-12(9-22(15)8-11)10-23-17-20-16(21-24-17)13-4-2-3-5-14(13)18/h2-9H,10H2,1H3. The Kier molecular flexibility index (Phi) is 3.66. The van der Waals surface area contributed by atoms with Crippen LogP contribution < -0.4 is 4.74 Å². The van der Waals surface area contributed by atoms with E-state index in [0.717, 1.165) is 16.9 Å². The number of aromatic nitrogens is 4. The summed E-state index contributed by atoms with van der Waals surface area (Å²) in [6.07, 6.45) is 4.00. The number of rotatable bonds is 4. The maximum atomic E-state index is 6.12. The zero-order valence-corrected chi connectivity index (χ0v) is 13.6. The van der Waals surface area contributed by atoms with Crippen molar-refractivity contribution >= 4 is 17.2 Å². The summed E-state index contributed by atoms with van der Waals surface area (Å²) in [5, 5.41) is 4.45. The fraction of sp³-hybridized carbons (Fsp3) is 0.118. The molecule has 0 atom stereocenters. The molecule has 24 heavy (non-hydrogen) atoms. The van der Waals surface area contributed by atoms with Gasteiger partial charge in [-0.15, -0.1) is 0 Å². The van der Waals surface area contributed by atoms with E-state index in [4.69, 9.17) is 20.9 Å². The Balaban J connectivity index is 1.50. The number of imidazole rings is 1. The van der Waals surface area contributed by atoms with Gasteiger partial charge in [-0.2, -0.15) is 4.98 Å². The minimum Gasteiger partial charge on any atom is -0.442 e. The third-order valence-corrected chi connectivity index (χ3v) is 3.84. The molecule has 1 aromatic carbocycles. The highest BCUT2D eigenvalue weighted by molar-refractivity contribution is 6.33. The van der Waals surface area contributed by atoms with Crippen LogP contribution in [0.15, 0.2) is 53.3 Å². The third kappa shape index (κ3) is 2.83. The Morgan fingerprint density at radius 1 is 1.12 bits per heavy atom. The molecule has 0 bridgehead atoms.